The molecule has 0 spiro atoms. The molecule has 0 bridgehead atoms. The molecule has 16 nitrogen and oxygen atoms in total. The Morgan fingerprint density at radius 1 is 0.556 bits per heavy atom. The maximum atomic E-state index is 13.9. The van der Waals surface area contributed by atoms with Crippen LogP contribution in [0, 0.1) is 11.6 Å². The van der Waals surface area contributed by atoms with E-state index in [1.165, 1.54) is 24.3 Å². The van der Waals surface area contributed by atoms with Gasteiger partial charge in [0.15, 0.2) is 0 Å². The van der Waals surface area contributed by atoms with Crippen molar-refractivity contribution in [1.29, 1.82) is 0 Å². The maximum absolute atomic E-state index is 13.9. The second-order valence-electron chi connectivity index (χ2n) is 23.3. The van der Waals surface area contributed by atoms with E-state index in [2.05, 4.69) is 57.9 Å². The molecule has 6 aliphatic heterocycles. The van der Waals surface area contributed by atoms with Crippen molar-refractivity contribution in [2.24, 2.45) is 11.5 Å². The summed E-state index contributed by atoms with van der Waals surface area (Å²) in [5.41, 5.74) is 16.8. The molecule has 4 fully saturated rings. The number of nitrogens with one attached hydrogen (secondary N) is 2. The van der Waals surface area contributed by atoms with Crippen molar-refractivity contribution in [3.63, 3.8) is 0 Å². The van der Waals surface area contributed by atoms with Gasteiger partial charge in [0, 0.05) is 113 Å². The molecular formula is C60H83Cl3F2N10O6. The van der Waals surface area contributed by atoms with Crippen LogP contribution in [-0.2, 0) is 52.3 Å². The molecule has 444 valence electrons. The number of amides is 4. The number of anilines is 2. The van der Waals surface area contributed by atoms with Crippen molar-refractivity contribution in [3.8, 4) is 0 Å². The van der Waals surface area contributed by atoms with E-state index in [4.69, 9.17) is 20.9 Å². The summed E-state index contributed by atoms with van der Waals surface area (Å²) in [7, 11) is 0. The van der Waals surface area contributed by atoms with Gasteiger partial charge < -0.3 is 41.4 Å². The van der Waals surface area contributed by atoms with Crippen molar-refractivity contribution in [3.05, 3.63) is 130 Å². The lowest BCUT2D eigenvalue weighted by atomic mass is 9.83. The minimum atomic E-state index is -0.960. The highest BCUT2D eigenvalue weighted by Crippen LogP contribution is 2.43. The number of hydrogen-bond donors (Lipinski definition) is 4. The van der Waals surface area contributed by atoms with Gasteiger partial charge in [0.1, 0.15) is 11.6 Å². The highest BCUT2D eigenvalue weighted by Gasteiger charge is 2.48. The van der Waals surface area contributed by atoms with E-state index in [0.717, 1.165) is 124 Å². The average Bonchev–Trinajstić information content (AvgIpc) is 3.92. The molecule has 0 radical (unpaired) electrons. The standard InChI is InChI=1S/2C30H40FN5O3.3ClH/c2*1-20-15-35(25(14-33-20)16-34-10-11-39-18-21(34)2)17-28(37)36-19-30(3,29(32)38)26-9-6-23(13-27(26)36)12-22-4-7-24(31)8-5-22;;;/h2*4-9,13,20-21,25,33H,10-12,14-19H2,1-3H3,(H2,32,38);3*1H/t2*20-,21-,25-,30?;;;/m11.../s1. The molecule has 10 rings (SSSR count). The van der Waals surface area contributed by atoms with E-state index in [0.29, 0.717) is 24.9 Å². The van der Waals surface area contributed by atoms with Crippen LogP contribution in [0.4, 0.5) is 20.2 Å². The van der Waals surface area contributed by atoms with Crippen LogP contribution >= 0.6 is 37.2 Å². The molecule has 6 heterocycles. The molecule has 2 unspecified atom stereocenters. The number of nitrogens with two attached hydrogens (primary N) is 2. The van der Waals surface area contributed by atoms with Gasteiger partial charge in [-0.1, -0.05) is 48.5 Å². The minimum absolute atomic E-state index is 0. The van der Waals surface area contributed by atoms with Crippen molar-refractivity contribution < 1.29 is 37.4 Å². The van der Waals surface area contributed by atoms with E-state index in [1.54, 1.807) is 34.1 Å². The Kier molecular flexibility index (Phi) is 22.7. The third-order valence-corrected chi connectivity index (χ3v) is 17.2. The molecule has 6 N–H and O–H groups in total. The molecule has 0 aliphatic carbocycles. The van der Waals surface area contributed by atoms with E-state index >= 15 is 0 Å². The fourth-order valence-corrected chi connectivity index (χ4v) is 12.2. The summed E-state index contributed by atoms with van der Waals surface area (Å²) in [4.78, 5) is 66.1. The summed E-state index contributed by atoms with van der Waals surface area (Å²) in [5.74, 6) is -1.50. The van der Waals surface area contributed by atoms with Gasteiger partial charge in [-0.05, 0) is 124 Å². The van der Waals surface area contributed by atoms with Gasteiger partial charge in [-0.2, -0.15) is 0 Å². The molecule has 0 aromatic heterocycles. The molecule has 4 amide bonds. The third kappa shape index (κ3) is 15.1. The number of piperazine rings is 2. The number of nitrogens with zero attached hydrogens (tertiary/aromatic N) is 6. The summed E-state index contributed by atoms with van der Waals surface area (Å²) in [6.07, 6.45) is 1.19. The molecule has 0 saturated carbocycles. The van der Waals surface area contributed by atoms with Crippen LogP contribution in [0.3, 0.4) is 0 Å². The van der Waals surface area contributed by atoms with Crippen molar-refractivity contribution in [1.82, 2.24) is 30.2 Å². The number of halogens is 5. The van der Waals surface area contributed by atoms with Gasteiger partial charge in [0.05, 0.1) is 50.3 Å². The summed E-state index contributed by atoms with van der Waals surface area (Å²) >= 11 is 0. The van der Waals surface area contributed by atoms with Crippen LogP contribution in [0.5, 0.6) is 0 Å². The fraction of sp³-hybridized carbons (Fsp3) is 0.533. The number of hydrogen-bond acceptors (Lipinski definition) is 12. The van der Waals surface area contributed by atoms with Crippen molar-refractivity contribution in [2.75, 3.05) is 115 Å². The van der Waals surface area contributed by atoms with Crippen LogP contribution in [0.15, 0.2) is 84.9 Å². The van der Waals surface area contributed by atoms with E-state index in [-0.39, 0.29) is 111 Å². The van der Waals surface area contributed by atoms with E-state index in [1.807, 2.05) is 50.2 Å². The molecule has 4 saturated heterocycles. The zero-order valence-electron chi connectivity index (χ0n) is 47.5. The highest BCUT2D eigenvalue weighted by atomic mass is 35.5. The SMILES string of the molecule is C[C@@H]1CN(CC(=O)N2CC(C)(C(N)=O)c3ccc(Cc4ccc(F)cc4)cc32)[C@@H](CN2CCOC[C@H]2C)CN1.C[C@@H]1CN(CC(=O)N2CC(C)(C(N)=O)c3ccc(Cc4ccc(F)cc4)cc32)[C@@H](CN2CCOC[C@H]2C)CN1.Cl.Cl.Cl. The second kappa shape index (κ2) is 28.2. The van der Waals surface area contributed by atoms with Crippen molar-refractivity contribution in [2.45, 2.75) is 101 Å². The van der Waals surface area contributed by atoms with Gasteiger partial charge in [-0.15, -0.1) is 37.2 Å². The Bertz CT molecular complexity index is 2620. The first-order chi connectivity index (χ1) is 37.3. The smallest absolute Gasteiger partial charge is 0.241 e. The topological polar surface area (TPSA) is 182 Å². The van der Waals surface area contributed by atoms with Crippen LogP contribution in [0.1, 0.15) is 74.9 Å². The summed E-state index contributed by atoms with van der Waals surface area (Å²) < 4.78 is 38.0. The fourth-order valence-electron chi connectivity index (χ4n) is 12.2. The quantitative estimate of drug-likeness (QED) is 0.132. The van der Waals surface area contributed by atoms with Gasteiger partial charge >= 0.3 is 0 Å². The largest absolute Gasteiger partial charge is 0.379 e. The third-order valence-electron chi connectivity index (χ3n) is 17.2. The lowest BCUT2D eigenvalue weighted by Crippen LogP contribution is -2.62. The van der Waals surface area contributed by atoms with E-state index < -0.39 is 22.6 Å². The Morgan fingerprint density at radius 2 is 0.914 bits per heavy atom. The lowest BCUT2D eigenvalue weighted by molar-refractivity contribution is -0.124. The van der Waals surface area contributed by atoms with Crippen LogP contribution in [-0.4, -0.2) is 184 Å². The number of rotatable bonds is 14. The number of ether oxygens (including phenoxy) is 2. The molecular weight excluding hydrogens is 1100 g/mol. The monoisotopic (exact) mass is 1180 g/mol. The zero-order chi connectivity index (χ0) is 55.5. The van der Waals surface area contributed by atoms with Gasteiger partial charge in [-0.3, -0.25) is 38.8 Å². The first-order valence-electron chi connectivity index (χ1n) is 27.8. The molecule has 4 aromatic rings. The molecule has 8 atom stereocenters. The highest BCUT2D eigenvalue weighted by molar-refractivity contribution is 6.03. The van der Waals surface area contributed by atoms with Crippen LogP contribution < -0.4 is 31.9 Å². The first-order valence-corrected chi connectivity index (χ1v) is 27.8. The summed E-state index contributed by atoms with van der Waals surface area (Å²) in [6.45, 7) is 22.9. The van der Waals surface area contributed by atoms with Gasteiger partial charge in [0.25, 0.3) is 0 Å². The number of morpholine rings is 2. The maximum Gasteiger partial charge on any atom is 0.241 e. The number of benzene rings is 4. The number of fused-ring (bicyclic) bond motifs is 2. The second-order valence-corrected chi connectivity index (χ2v) is 23.3. The van der Waals surface area contributed by atoms with Gasteiger partial charge in [0.2, 0.25) is 23.6 Å². The molecule has 4 aromatic carbocycles. The Labute approximate surface area is 495 Å². The summed E-state index contributed by atoms with van der Waals surface area (Å²) in [5, 5.41) is 7.16. The zero-order valence-corrected chi connectivity index (χ0v) is 50.0. The molecule has 81 heavy (non-hydrogen) atoms. The Balaban J connectivity index is 0.000000252. The summed E-state index contributed by atoms with van der Waals surface area (Å²) in [6, 6.07) is 26.2. The van der Waals surface area contributed by atoms with Crippen molar-refractivity contribution >= 4 is 72.2 Å². The number of carbonyl (C=O) groups is 4. The molecule has 6 aliphatic rings. The average molecular weight is 1180 g/mol. The number of primary amides is 2. The van der Waals surface area contributed by atoms with Crippen LogP contribution in [0.25, 0.3) is 0 Å². The van der Waals surface area contributed by atoms with Gasteiger partial charge in [-0.25, -0.2) is 8.78 Å². The first kappa shape index (κ1) is 65.3. The Morgan fingerprint density at radius 3 is 1.26 bits per heavy atom. The van der Waals surface area contributed by atoms with E-state index in [9.17, 15) is 28.0 Å². The number of carbonyl (C=O) groups excluding carboxylic acids is 4. The predicted molar refractivity (Wildman–Crippen MR) is 320 cm³/mol. The Hall–Kier alpha value is -4.83. The predicted octanol–water partition coefficient (Wildman–Crippen LogP) is 5.04. The normalized spacial score (nSPS) is 26.9. The van der Waals surface area contributed by atoms with Crippen LogP contribution in [0.2, 0.25) is 0 Å². The lowest BCUT2D eigenvalue weighted by Gasteiger charge is -2.43. The minimum Gasteiger partial charge on any atom is -0.379 e. The molecule has 21 heteroatoms.